The molecule has 0 spiro atoms. The van der Waals surface area contributed by atoms with Crippen LogP contribution in [-0.2, 0) is 10.2 Å². The Hall–Kier alpha value is -1.80. The van der Waals surface area contributed by atoms with Gasteiger partial charge in [-0.05, 0) is 6.07 Å². The lowest BCUT2D eigenvalue weighted by Gasteiger charge is -2.16. The first kappa shape index (κ1) is 12.7. The normalized spacial score (nSPS) is 21.4. The number of hydrogen-bond donors (Lipinski definition) is 2. The molecular weight excluding hydrogens is 258 g/mol. The van der Waals surface area contributed by atoms with E-state index in [-0.39, 0.29) is 5.84 Å². The van der Waals surface area contributed by atoms with Crippen LogP contribution >= 0.6 is 0 Å². The first-order valence-corrected chi connectivity index (χ1v) is 6.51. The van der Waals surface area contributed by atoms with E-state index in [4.69, 9.17) is 15.2 Å². The molecule has 0 aliphatic carbocycles. The van der Waals surface area contributed by atoms with Crippen molar-refractivity contribution in [1.82, 2.24) is 4.72 Å². The summed E-state index contributed by atoms with van der Waals surface area (Å²) in [6.45, 7) is 0. The molecule has 1 atom stereocenters. The maximum atomic E-state index is 11.3. The van der Waals surface area contributed by atoms with Crippen LogP contribution in [0, 0.1) is 0 Å². The Morgan fingerprint density at radius 2 is 2.06 bits per heavy atom. The fraction of sp³-hybridized carbons (Fsp3) is 0.300. The van der Waals surface area contributed by atoms with Crippen LogP contribution in [0.3, 0.4) is 0 Å². The van der Waals surface area contributed by atoms with E-state index >= 15 is 0 Å². The maximum absolute atomic E-state index is 11.3. The summed E-state index contributed by atoms with van der Waals surface area (Å²) in [5, 5.41) is 0. The Labute approximate surface area is 105 Å². The molecule has 0 radical (unpaired) electrons. The van der Waals surface area contributed by atoms with E-state index in [9.17, 15) is 8.42 Å². The summed E-state index contributed by atoms with van der Waals surface area (Å²) in [5.41, 5.74) is 6.17. The molecule has 1 aromatic rings. The number of methoxy groups -OCH3 is 2. The fourth-order valence-electron chi connectivity index (χ4n) is 1.79. The first-order valence-electron chi connectivity index (χ1n) is 5.07. The molecule has 0 bridgehead atoms. The predicted molar refractivity (Wildman–Crippen MR) is 66.0 cm³/mol. The van der Waals surface area contributed by atoms with Crippen molar-refractivity contribution in [2.24, 2.45) is 10.1 Å². The van der Waals surface area contributed by atoms with Gasteiger partial charge in [0.05, 0.1) is 14.2 Å². The van der Waals surface area contributed by atoms with Crippen LogP contribution in [0.5, 0.6) is 11.5 Å². The zero-order valence-electron chi connectivity index (χ0n) is 9.88. The smallest absolute Gasteiger partial charge is 0.322 e. The van der Waals surface area contributed by atoms with Crippen molar-refractivity contribution >= 4 is 16.0 Å². The summed E-state index contributed by atoms with van der Waals surface area (Å²) in [4.78, 5) is 0. The summed E-state index contributed by atoms with van der Waals surface area (Å²) in [7, 11) is -0.752. The van der Waals surface area contributed by atoms with Gasteiger partial charge in [0, 0.05) is 5.56 Å². The highest BCUT2D eigenvalue weighted by atomic mass is 32.2. The van der Waals surface area contributed by atoms with Crippen LogP contribution < -0.4 is 19.9 Å². The molecule has 7 nitrogen and oxygen atoms in total. The Bertz CT molecular complexity index is 597. The Morgan fingerprint density at radius 3 is 2.56 bits per heavy atom. The third-order valence-electron chi connectivity index (χ3n) is 2.53. The largest absolute Gasteiger partial charge is 0.493 e. The van der Waals surface area contributed by atoms with E-state index in [1.165, 1.54) is 14.2 Å². The van der Waals surface area contributed by atoms with E-state index in [0.29, 0.717) is 17.1 Å². The molecule has 1 aliphatic rings. The van der Waals surface area contributed by atoms with Gasteiger partial charge in [-0.1, -0.05) is 12.1 Å². The van der Waals surface area contributed by atoms with Gasteiger partial charge in [0.2, 0.25) is 0 Å². The Balaban J connectivity index is 2.50. The van der Waals surface area contributed by atoms with Crippen molar-refractivity contribution in [1.29, 1.82) is 0 Å². The number of para-hydroxylation sites is 1. The van der Waals surface area contributed by atoms with Gasteiger partial charge in [0.25, 0.3) is 0 Å². The molecule has 98 valence electrons. The summed E-state index contributed by atoms with van der Waals surface area (Å²) in [6.07, 6.45) is 0. The molecule has 0 saturated heterocycles. The molecule has 0 amide bonds. The second-order valence-corrected chi connectivity index (χ2v) is 4.99. The van der Waals surface area contributed by atoms with Gasteiger partial charge in [-0.2, -0.15) is 13.1 Å². The maximum Gasteiger partial charge on any atom is 0.322 e. The van der Waals surface area contributed by atoms with E-state index < -0.39 is 16.3 Å². The Morgan fingerprint density at radius 1 is 1.33 bits per heavy atom. The highest BCUT2D eigenvalue weighted by Crippen LogP contribution is 2.36. The number of nitrogens with one attached hydrogen (secondary N) is 1. The highest BCUT2D eigenvalue weighted by Gasteiger charge is 2.32. The van der Waals surface area contributed by atoms with Crippen LogP contribution in [0.2, 0.25) is 0 Å². The molecule has 8 heteroatoms. The summed E-state index contributed by atoms with van der Waals surface area (Å²) >= 11 is 0. The zero-order chi connectivity index (χ0) is 13.3. The molecule has 1 aliphatic heterocycles. The Kier molecular flexibility index (Phi) is 3.14. The molecule has 0 aromatic heterocycles. The predicted octanol–water partition coefficient (Wildman–Crippen LogP) is -0.0499. The van der Waals surface area contributed by atoms with Gasteiger partial charge < -0.3 is 15.2 Å². The van der Waals surface area contributed by atoms with Gasteiger partial charge in [-0.25, -0.2) is 0 Å². The van der Waals surface area contributed by atoms with Crippen LogP contribution in [-0.4, -0.2) is 28.5 Å². The lowest BCUT2D eigenvalue weighted by molar-refractivity contribution is 0.351. The molecule has 1 aromatic carbocycles. The molecule has 0 unspecified atom stereocenters. The van der Waals surface area contributed by atoms with Crippen LogP contribution in [0.4, 0.5) is 0 Å². The number of benzene rings is 1. The third kappa shape index (κ3) is 2.12. The molecule has 0 saturated carbocycles. The number of amidine groups is 1. The van der Waals surface area contributed by atoms with Crippen molar-refractivity contribution in [2.75, 3.05) is 14.2 Å². The van der Waals surface area contributed by atoms with Gasteiger partial charge in [0.1, 0.15) is 11.9 Å². The summed E-state index contributed by atoms with van der Waals surface area (Å²) in [6, 6.07) is 4.39. The van der Waals surface area contributed by atoms with Crippen LogP contribution in [0.15, 0.2) is 22.6 Å². The van der Waals surface area contributed by atoms with E-state index in [2.05, 4.69) is 9.12 Å². The average Bonchev–Trinajstić information content (AvgIpc) is 2.61. The number of nitrogens with two attached hydrogens (primary N) is 1. The average molecular weight is 271 g/mol. The van der Waals surface area contributed by atoms with Gasteiger partial charge in [0.15, 0.2) is 11.5 Å². The standard InChI is InChI=1S/C10H13N3O4S/c1-16-7-5-3-4-6(9(7)17-2)8-10(11)13-18(14,15)12-8/h3-5,8,12H,1-2H3,(H2,11,13)/t8-/m0/s1. The monoisotopic (exact) mass is 271 g/mol. The first-order chi connectivity index (χ1) is 8.48. The fourth-order valence-corrected chi connectivity index (χ4v) is 2.77. The van der Waals surface area contributed by atoms with Crippen LogP contribution in [0.25, 0.3) is 0 Å². The minimum atomic E-state index is -3.72. The van der Waals surface area contributed by atoms with Crippen molar-refractivity contribution in [2.45, 2.75) is 6.04 Å². The second kappa shape index (κ2) is 4.46. The number of nitrogens with zero attached hydrogens (tertiary/aromatic N) is 1. The quantitative estimate of drug-likeness (QED) is 0.802. The van der Waals surface area contributed by atoms with E-state index in [1.54, 1.807) is 18.2 Å². The van der Waals surface area contributed by atoms with Gasteiger partial charge in [-0.3, -0.25) is 0 Å². The topological polar surface area (TPSA) is 103 Å². The lowest BCUT2D eigenvalue weighted by atomic mass is 10.1. The SMILES string of the molecule is COc1cccc([C@@H]2NS(=O)(=O)N=C2N)c1OC. The minimum absolute atomic E-state index is 0.0263. The van der Waals surface area contributed by atoms with Crippen LogP contribution in [0.1, 0.15) is 11.6 Å². The lowest BCUT2D eigenvalue weighted by Crippen LogP contribution is -2.28. The summed E-state index contributed by atoms with van der Waals surface area (Å²) in [5.74, 6) is 0.892. The number of hydrogen-bond acceptors (Lipinski definition) is 5. The molecular formula is C10H13N3O4S. The van der Waals surface area contributed by atoms with Crippen molar-refractivity contribution in [3.63, 3.8) is 0 Å². The van der Waals surface area contributed by atoms with Crippen molar-refractivity contribution in [3.05, 3.63) is 23.8 Å². The number of rotatable bonds is 3. The minimum Gasteiger partial charge on any atom is -0.493 e. The second-order valence-electron chi connectivity index (χ2n) is 3.62. The third-order valence-corrected chi connectivity index (χ3v) is 3.52. The van der Waals surface area contributed by atoms with Crippen molar-refractivity contribution in [3.8, 4) is 11.5 Å². The molecule has 18 heavy (non-hydrogen) atoms. The molecule has 2 rings (SSSR count). The molecule has 0 fully saturated rings. The van der Waals surface area contributed by atoms with Gasteiger partial charge >= 0.3 is 10.2 Å². The van der Waals surface area contributed by atoms with Crippen molar-refractivity contribution < 1.29 is 17.9 Å². The molecule has 1 heterocycles. The molecule has 3 N–H and O–H groups in total. The highest BCUT2D eigenvalue weighted by molar-refractivity contribution is 7.88. The summed E-state index contributed by atoms with van der Waals surface area (Å²) < 4.78 is 38.7. The van der Waals surface area contributed by atoms with Gasteiger partial charge in [-0.15, -0.1) is 4.40 Å². The number of ether oxygens (including phenoxy) is 2. The zero-order valence-corrected chi connectivity index (χ0v) is 10.7. The van der Waals surface area contributed by atoms with E-state index in [1.807, 2.05) is 0 Å². The van der Waals surface area contributed by atoms with E-state index in [0.717, 1.165) is 0 Å².